The average molecular weight is 778 g/mol. The van der Waals surface area contributed by atoms with Gasteiger partial charge in [0.25, 0.3) is 0 Å². The number of hydrogen-bond donors (Lipinski definition) is 1. The van der Waals surface area contributed by atoms with E-state index >= 15 is 0 Å². The molecule has 0 bridgehead atoms. The smallest absolute Gasteiger partial charge is 0.411 e. The Morgan fingerprint density at radius 3 is 1.46 bits per heavy atom. The predicted octanol–water partition coefficient (Wildman–Crippen LogP) is 4.99. The molecule has 0 atom stereocenters. The summed E-state index contributed by atoms with van der Waals surface area (Å²) in [5.74, 6) is -2.34. The van der Waals surface area contributed by atoms with Gasteiger partial charge in [-0.05, 0) is 120 Å². The highest BCUT2D eigenvalue weighted by Crippen LogP contribution is 2.26. The van der Waals surface area contributed by atoms with Crippen LogP contribution in [0.15, 0.2) is 29.3 Å². The highest BCUT2D eigenvalue weighted by Gasteiger charge is 2.46. The van der Waals surface area contributed by atoms with Crippen molar-refractivity contribution < 1.29 is 47.7 Å². The highest BCUT2D eigenvalue weighted by molar-refractivity contribution is 7.78. The van der Waals surface area contributed by atoms with Gasteiger partial charge in [-0.25, -0.2) is 4.79 Å². The molecule has 1 heterocycles. The minimum atomic E-state index is -1.41. The van der Waals surface area contributed by atoms with Gasteiger partial charge in [0.2, 0.25) is 0 Å². The first-order valence-corrected chi connectivity index (χ1v) is 18.3. The van der Waals surface area contributed by atoms with Gasteiger partial charge in [0.05, 0.1) is 42.6 Å². The van der Waals surface area contributed by atoms with E-state index in [1.54, 1.807) is 117 Å². The van der Waals surface area contributed by atoms with E-state index in [0.29, 0.717) is 11.4 Å². The van der Waals surface area contributed by atoms with E-state index in [4.69, 9.17) is 23.7 Å². The van der Waals surface area contributed by atoms with Crippen LogP contribution in [0.1, 0.15) is 83.1 Å². The highest BCUT2D eigenvalue weighted by atomic mass is 32.1. The number of nitrogens with zero attached hydrogens (tertiary/aromatic N) is 4. The summed E-state index contributed by atoms with van der Waals surface area (Å²) in [6.45, 7) is 19.8. The fourth-order valence-corrected chi connectivity index (χ4v) is 5.67. The standard InChI is InChI=1S/C38H59N5O10S/c1-34(2,3)50-29(44)19-41-17-18-42(20-30(45)51-35(4,5)6)24-38(23-41,25-49-33(48)40-28-15-13-27(14-16-28)39-26-54)43(21-31(46)52-36(7,8)9)22-32(47)53-37(10,11)12/h13-16H,17-25H2,1-12H3,(H,40,48). The number of hydrogen-bond acceptors (Lipinski definition) is 15. The number of thiocarbonyl (C=S) groups is 1. The van der Waals surface area contributed by atoms with Crippen molar-refractivity contribution in [1.82, 2.24) is 14.7 Å². The maximum atomic E-state index is 13.6. The van der Waals surface area contributed by atoms with Crippen LogP contribution in [0.25, 0.3) is 0 Å². The summed E-state index contributed by atoms with van der Waals surface area (Å²) in [4.78, 5) is 76.0. The van der Waals surface area contributed by atoms with Crippen LogP contribution < -0.4 is 5.32 Å². The van der Waals surface area contributed by atoms with Crippen LogP contribution in [0.5, 0.6) is 0 Å². The second-order valence-electron chi connectivity index (χ2n) is 17.3. The van der Waals surface area contributed by atoms with Gasteiger partial charge in [-0.2, -0.15) is 4.99 Å². The molecular formula is C38H59N5O10S. The number of aliphatic imine (C=N–C) groups is 1. The predicted molar refractivity (Wildman–Crippen MR) is 207 cm³/mol. The third kappa shape index (κ3) is 18.4. The van der Waals surface area contributed by atoms with Crippen LogP contribution in [0.3, 0.4) is 0 Å². The largest absolute Gasteiger partial charge is 0.459 e. The van der Waals surface area contributed by atoms with Crippen molar-refractivity contribution in [3.8, 4) is 0 Å². The number of ether oxygens (including phenoxy) is 5. The van der Waals surface area contributed by atoms with Crippen LogP contribution in [0.2, 0.25) is 0 Å². The van der Waals surface area contributed by atoms with Gasteiger partial charge in [-0.3, -0.25) is 39.2 Å². The molecule has 1 fully saturated rings. The lowest BCUT2D eigenvalue weighted by atomic mass is 9.95. The first kappa shape index (κ1) is 46.2. The number of nitrogens with one attached hydrogen (secondary N) is 1. The molecule has 0 radical (unpaired) electrons. The minimum Gasteiger partial charge on any atom is -0.459 e. The lowest BCUT2D eigenvalue weighted by Gasteiger charge is -2.45. The van der Waals surface area contributed by atoms with Crippen molar-refractivity contribution in [2.24, 2.45) is 4.99 Å². The Hall–Kier alpha value is -3.95. The number of benzene rings is 1. The van der Waals surface area contributed by atoms with E-state index in [9.17, 15) is 24.0 Å². The van der Waals surface area contributed by atoms with Crippen LogP contribution in [0, 0.1) is 0 Å². The lowest BCUT2D eigenvalue weighted by molar-refractivity contribution is -0.167. The van der Waals surface area contributed by atoms with Crippen molar-refractivity contribution in [2.45, 2.75) is 111 Å². The maximum Gasteiger partial charge on any atom is 0.411 e. The molecule has 54 heavy (non-hydrogen) atoms. The van der Waals surface area contributed by atoms with Crippen molar-refractivity contribution in [3.63, 3.8) is 0 Å². The van der Waals surface area contributed by atoms with Crippen molar-refractivity contribution in [3.05, 3.63) is 24.3 Å². The number of carbonyl (C=O) groups excluding carboxylic acids is 5. The number of anilines is 1. The van der Waals surface area contributed by atoms with E-state index in [1.807, 2.05) is 0 Å². The minimum absolute atomic E-state index is 0.000213. The van der Waals surface area contributed by atoms with Gasteiger partial charge >= 0.3 is 30.0 Å². The summed E-state index contributed by atoms with van der Waals surface area (Å²) in [5.41, 5.74) is -3.74. The van der Waals surface area contributed by atoms with Crippen molar-refractivity contribution in [1.29, 1.82) is 0 Å². The number of amides is 1. The van der Waals surface area contributed by atoms with Gasteiger partial charge in [-0.15, -0.1) is 0 Å². The zero-order chi connectivity index (χ0) is 41.1. The quantitative estimate of drug-likeness (QED) is 0.123. The molecule has 0 spiro atoms. The molecular weight excluding hydrogens is 719 g/mol. The Kier molecular flexibility index (Phi) is 16.3. The summed E-state index contributed by atoms with van der Waals surface area (Å²) in [7, 11) is 0. The zero-order valence-corrected chi connectivity index (χ0v) is 34.8. The molecule has 302 valence electrons. The Balaban J connectivity index is 2.69. The second kappa shape index (κ2) is 19.1. The van der Waals surface area contributed by atoms with Gasteiger partial charge in [0.1, 0.15) is 29.0 Å². The molecule has 0 aliphatic carbocycles. The van der Waals surface area contributed by atoms with E-state index in [0.717, 1.165) is 0 Å². The first-order chi connectivity index (χ1) is 24.7. The molecule has 2 rings (SSSR count). The topological polar surface area (TPSA) is 166 Å². The fraction of sp³-hybridized carbons (Fsp3) is 0.684. The SMILES string of the molecule is CC(C)(C)OC(=O)CN1CCN(CC(=O)OC(C)(C)C)CC(COC(=O)Nc2ccc(N=C=S)cc2)(N(CC(=O)OC(C)(C)C)CC(=O)OC(C)(C)C)C1. The molecule has 15 nitrogen and oxygen atoms in total. The Labute approximate surface area is 325 Å². The zero-order valence-electron chi connectivity index (χ0n) is 34.0. The Bertz CT molecular complexity index is 1450. The number of esters is 4. The molecule has 16 heteroatoms. The summed E-state index contributed by atoms with van der Waals surface area (Å²) in [6, 6.07) is 6.48. The maximum absolute atomic E-state index is 13.6. The van der Waals surface area contributed by atoms with Crippen molar-refractivity contribution >= 4 is 58.7 Å². The molecule has 1 saturated heterocycles. The van der Waals surface area contributed by atoms with Gasteiger partial charge < -0.3 is 23.7 Å². The number of isothiocyanates is 1. The van der Waals surface area contributed by atoms with Crippen LogP contribution >= 0.6 is 12.2 Å². The summed E-state index contributed by atoms with van der Waals surface area (Å²) in [6.07, 6.45) is -0.837. The van der Waals surface area contributed by atoms with E-state index < -0.39 is 77.6 Å². The molecule has 1 aliphatic heterocycles. The number of rotatable bonds is 13. The van der Waals surface area contributed by atoms with E-state index in [2.05, 4.69) is 27.7 Å². The molecule has 0 saturated carbocycles. The summed E-state index contributed by atoms with van der Waals surface area (Å²) >= 11 is 4.66. The Morgan fingerprint density at radius 2 is 1.09 bits per heavy atom. The van der Waals surface area contributed by atoms with E-state index in [-0.39, 0.29) is 39.3 Å². The monoisotopic (exact) mass is 777 g/mol. The van der Waals surface area contributed by atoms with E-state index in [1.165, 1.54) is 4.90 Å². The van der Waals surface area contributed by atoms with Gasteiger partial charge in [-0.1, -0.05) is 0 Å². The van der Waals surface area contributed by atoms with Crippen molar-refractivity contribution in [2.75, 3.05) is 64.3 Å². The van der Waals surface area contributed by atoms with Crippen LogP contribution in [-0.4, -0.2) is 137 Å². The molecule has 1 N–H and O–H groups in total. The normalized spacial score (nSPS) is 15.6. The summed E-state index contributed by atoms with van der Waals surface area (Å²) in [5, 5.41) is 4.96. The first-order valence-electron chi connectivity index (χ1n) is 17.8. The summed E-state index contributed by atoms with van der Waals surface area (Å²) < 4.78 is 28.6. The molecule has 1 aromatic rings. The number of carbonyl (C=O) groups is 5. The average Bonchev–Trinajstić information content (AvgIpc) is 3.12. The molecule has 1 aromatic carbocycles. The Morgan fingerprint density at radius 1 is 0.704 bits per heavy atom. The van der Waals surface area contributed by atoms with Crippen LogP contribution in [-0.2, 0) is 42.9 Å². The van der Waals surface area contributed by atoms with Crippen LogP contribution in [0.4, 0.5) is 16.2 Å². The molecule has 0 unspecified atom stereocenters. The third-order valence-corrected chi connectivity index (χ3v) is 7.32. The molecule has 1 amide bonds. The third-order valence-electron chi connectivity index (χ3n) is 7.22. The molecule has 1 aliphatic rings. The second-order valence-corrected chi connectivity index (χ2v) is 17.5. The van der Waals surface area contributed by atoms with Gasteiger partial charge in [0, 0.05) is 31.9 Å². The fourth-order valence-electron chi connectivity index (χ4n) is 5.56. The lowest BCUT2D eigenvalue weighted by Crippen LogP contribution is -2.65. The van der Waals surface area contributed by atoms with Gasteiger partial charge in [0.15, 0.2) is 0 Å². The molecule has 0 aromatic heterocycles.